The van der Waals surface area contributed by atoms with Gasteiger partial charge in [0.05, 0.1) is 20.8 Å². The van der Waals surface area contributed by atoms with Crippen LogP contribution in [-0.2, 0) is 6.54 Å². The molecule has 0 saturated heterocycles. The van der Waals surface area contributed by atoms with Gasteiger partial charge in [0.2, 0.25) is 17.7 Å². The van der Waals surface area contributed by atoms with Gasteiger partial charge in [-0.15, -0.1) is 0 Å². The minimum atomic E-state index is -0.817. The molecule has 0 unspecified atom stereocenters. The second-order valence-corrected chi connectivity index (χ2v) is 3.97. The number of ether oxygens (including phenoxy) is 2. The van der Waals surface area contributed by atoms with Crippen molar-refractivity contribution in [2.45, 2.75) is 6.54 Å². The number of rotatable bonds is 6. The third-order valence-electron chi connectivity index (χ3n) is 2.57. The van der Waals surface area contributed by atoms with Gasteiger partial charge in [-0.25, -0.2) is 0 Å². The molecule has 0 spiro atoms. The van der Waals surface area contributed by atoms with Crippen molar-refractivity contribution in [1.82, 2.24) is 20.4 Å². The first kappa shape index (κ1) is 15.2. The van der Waals surface area contributed by atoms with Crippen molar-refractivity contribution in [3.05, 3.63) is 29.4 Å². The molecule has 3 N–H and O–H groups in total. The molecule has 0 saturated carbocycles. The Morgan fingerprint density at radius 1 is 1.27 bits per heavy atom. The number of nitrogens with one attached hydrogen (secondary N) is 1. The summed E-state index contributed by atoms with van der Waals surface area (Å²) < 4.78 is 14.7. The minimum absolute atomic E-state index is 0.0441. The van der Waals surface area contributed by atoms with Crippen LogP contribution < -0.4 is 20.5 Å². The van der Waals surface area contributed by atoms with Crippen LogP contribution in [-0.4, -0.2) is 41.2 Å². The molecule has 0 aliphatic carbocycles. The topological polar surface area (TPSA) is 142 Å². The van der Waals surface area contributed by atoms with Gasteiger partial charge in [0, 0.05) is 6.07 Å². The Balaban J connectivity index is 2.07. The molecule has 0 atom stereocenters. The largest absolute Gasteiger partial charge is 0.481 e. The summed E-state index contributed by atoms with van der Waals surface area (Å²) in [5.74, 6) is -1.07. The fourth-order valence-corrected chi connectivity index (χ4v) is 1.54. The van der Waals surface area contributed by atoms with Gasteiger partial charge < -0.3 is 25.0 Å². The van der Waals surface area contributed by atoms with Gasteiger partial charge >= 0.3 is 0 Å². The summed E-state index contributed by atoms with van der Waals surface area (Å²) in [6.45, 7) is -0.0751. The van der Waals surface area contributed by atoms with Crippen LogP contribution in [0.3, 0.4) is 0 Å². The third kappa shape index (κ3) is 3.29. The molecule has 0 aliphatic heterocycles. The zero-order valence-electron chi connectivity index (χ0n) is 11.8. The van der Waals surface area contributed by atoms with Gasteiger partial charge in [-0.2, -0.15) is 9.97 Å². The van der Waals surface area contributed by atoms with E-state index in [9.17, 15) is 9.59 Å². The predicted molar refractivity (Wildman–Crippen MR) is 71.3 cm³/mol. The number of pyridine rings is 1. The number of nitrogens with two attached hydrogens (primary N) is 1. The first-order chi connectivity index (χ1) is 10.5. The first-order valence-corrected chi connectivity index (χ1v) is 6.04. The molecule has 0 fully saturated rings. The van der Waals surface area contributed by atoms with E-state index in [1.165, 1.54) is 26.4 Å². The molecule has 2 rings (SSSR count). The Labute approximate surface area is 124 Å². The van der Waals surface area contributed by atoms with E-state index >= 15 is 0 Å². The number of primary amides is 1. The summed E-state index contributed by atoms with van der Waals surface area (Å²) in [5, 5.41) is 5.89. The van der Waals surface area contributed by atoms with E-state index in [0.717, 1.165) is 0 Å². The van der Waals surface area contributed by atoms with Crippen LogP contribution in [0.15, 0.2) is 16.7 Å². The molecule has 2 heterocycles. The highest BCUT2D eigenvalue weighted by atomic mass is 16.5. The van der Waals surface area contributed by atoms with Crippen molar-refractivity contribution in [2.24, 2.45) is 5.73 Å². The van der Waals surface area contributed by atoms with Crippen molar-refractivity contribution in [1.29, 1.82) is 0 Å². The molecule has 0 radical (unpaired) electrons. The molecule has 2 aromatic heterocycles. The van der Waals surface area contributed by atoms with E-state index in [1.54, 1.807) is 0 Å². The molecule has 2 aromatic rings. The van der Waals surface area contributed by atoms with Crippen LogP contribution in [0.1, 0.15) is 26.9 Å². The number of aromatic nitrogens is 3. The standard InChI is InChI=1S/C12H13N5O5/c1-20-7-4-3-6(12(16-7)21-2)11(19)14-5-8-15-10(9(13)18)17-22-8/h3-4H,5H2,1-2H3,(H2,13,18)(H,14,19). The van der Waals surface area contributed by atoms with Crippen molar-refractivity contribution < 1.29 is 23.6 Å². The summed E-state index contributed by atoms with van der Waals surface area (Å²) in [6, 6.07) is 3.03. The molecule has 2 amide bonds. The zero-order valence-corrected chi connectivity index (χ0v) is 11.8. The third-order valence-corrected chi connectivity index (χ3v) is 2.57. The lowest BCUT2D eigenvalue weighted by Crippen LogP contribution is -2.24. The maximum Gasteiger partial charge on any atom is 0.290 e. The summed E-state index contributed by atoms with van der Waals surface area (Å²) in [7, 11) is 2.84. The number of hydrogen-bond acceptors (Lipinski definition) is 8. The van der Waals surface area contributed by atoms with Crippen LogP contribution >= 0.6 is 0 Å². The molecule has 0 aromatic carbocycles. The SMILES string of the molecule is COc1ccc(C(=O)NCc2nc(C(N)=O)no2)c(OC)n1. The quantitative estimate of drug-likeness (QED) is 0.727. The van der Waals surface area contributed by atoms with E-state index in [2.05, 4.69) is 20.4 Å². The number of nitrogens with zero attached hydrogens (tertiary/aromatic N) is 3. The van der Waals surface area contributed by atoms with Crippen LogP contribution in [0.2, 0.25) is 0 Å². The van der Waals surface area contributed by atoms with Gasteiger partial charge in [0.15, 0.2) is 0 Å². The van der Waals surface area contributed by atoms with Crippen LogP contribution in [0, 0.1) is 0 Å². The first-order valence-electron chi connectivity index (χ1n) is 6.04. The highest BCUT2D eigenvalue weighted by Crippen LogP contribution is 2.19. The fourth-order valence-electron chi connectivity index (χ4n) is 1.54. The normalized spacial score (nSPS) is 10.1. The monoisotopic (exact) mass is 307 g/mol. The van der Waals surface area contributed by atoms with Crippen molar-refractivity contribution in [2.75, 3.05) is 14.2 Å². The van der Waals surface area contributed by atoms with Gasteiger partial charge in [-0.05, 0) is 6.07 Å². The Kier molecular flexibility index (Phi) is 4.51. The van der Waals surface area contributed by atoms with Gasteiger partial charge in [-0.3, -0.25) is 9.59 Å². The average molecular weight is 307 g/mol. The molecule has 10 heteroatoms. The Morgan fingerprint density at radius 2 is 2.05 bits per heavy atom. The van der Waals surface area contributed by atoms with Gasteiger partial charge in [-0.1, -0.05) is 5.16 Å². The van der Waals surface area contributed by atoms with E-state index < -0.39 is 11.8 Å². The van der Waals surface area contributed by atoms with Crippen LogP contribution in [0.4, 0.5) is 0 Å². The molecule has 22 heavy (non-hydrogen) atoms. The lowest BCUT2D eigenvalue weighted by Gasteiger charge is -2.08. The lowest BCUT2D eigenvalue weighted by atomic mass is 10.2. The fraction of sp³-hybridized carbons (Fsp3) is 0.250. The van der Waals surface area contributed by atoms with Crippen LogP contribution in [0.5, 0.6) is 11.8 Å². The number of carbonyl (C=O) groups is 2. The maximum absolute atomic E-state index is 12.1. The molecular weight excluding hydrogens is 294 g/mol. The van der Waals surface area contributed by atoms with Gasteiger partial charge in [0.25, 0.3) is 17.6 Å². The van der Waals surface area contributed by atoms with Gasteiger partial charge in [0.1, 0.15) is 5.56 Å². The van der Waals surface area contributed by atoms with Crippen molar-refractivity contribution >= 4 is 11.8 Å². The number of amides is 2. The summed E-state index contributed by atoms with van der Waals surface area (Å²) >= 11 is 0. The summed E-state index contributed by atoms with van der Waals surface area (Å²) in [4.78, 5) is 30.6. The summed E-state index contributed by atoms with van der Waals surface area (Å²) in [5.41, 5.74) is 5.20. The minimum Gasteiger partial charge on any atom is -0.481 e. The number of hydrogen-bond donors (Lipinski definition) is 2. The van der Waals surface area contributed by atoms with E-state index in [4.69, 9.17) is 19.7 Å². The number of carbonyl (C=O) groups excluding carboxylic acids is 2. The second-order valence-electron chi connectivity index (χ2n) is 3.97. The maximum atomic E-state index is 12.1. The lowest BCUT2D eigenvalue weighted by molar-refractivity contribution is 0.0940. The van der Waals surface area contributed by atoms with Crippen molar-refractivity contribution in [3.8, 4) is 11.8 Å². The summed E-state index contributed by atoms with van der Waals surface area (Å²) in [6.07, 6.45) is 0. The Bertz CT molecular complexity index is 699. The van der Waals surface area contributed by atoms with E-state index in [1.807, 2.05) is 0 Å². The smallest absolute Gasteiger partial charge is 0.290 e. The zero-order chi connectivity index (χ0) is 16.1. The highest BCUT2D eigenvalue weighted by molar-refractivity contribution is 5.96. The van der Waals surface area contributed by atoms with Crippen molar-refractivity contribution in [3.63, 3.8) is 0 Å². The molecule has 116 valence electrons. The molecule has 10 nitrogen and oxygen atoms in total. The molecular formula is C12H13N5O5. The molecule has 0 bridgehead atoms. The van der Waals surface area contributed by atoms with Crippen LogP contribution in [0.25, 0.3) is 0 Å². The average Bonchev–Trinajstić information content (AvgIpc) is 3.01. The Hall–Kier alpha value is -3.17. The second kappa shape index (κ2) is 6.52. The van der Waals surface area contributed by atoms with E-state index in [-0.39, 0.29) is 29.7 Å². The van der Waals surface area contributed by atoms with E-state index in [0.29, 0.717) is 5.88 Å². The highest BCUT2D eigenvalue weighted by Gasteiger charge is 2.16. The Morgan fingerprint density at radius 3 is 2.64 bits per heavy atom. The molecule has 0 aliphatic rings. The predicted octanol–water partition coefficient (Wildman–Crippen LogP) is -0.489. The number of methoxy groups -OCH3 is 2.